The molecule has 0 aromatic carbocycles. The third-order valence-electron chi connectivity index (χ3n) is 2.24. The Morgan fingerprint density at radius 2 is 2.11 bits per heavy atom. The highest BCUT2D eigenvalue weighted by Gasteiger charge is 2.34. The molecule has 0 atom stereocenters. The minimum absolute atomic E-state index is 0.0841. The summed E-state index contributed by atoms with van der Waals surface area (Å²) in [5, 5.41) is 0. The highest BCUT2D eigenvalue weighted by molar-refractivity contribution is 5.75. The van der Waals surface area contributed by atoms with Crippen LogP contribution in [0.3, 0.4) is 0 Å². The Morgan fingerprint density at radius 3 is 2.58 bits per heavy atom. The molecule has 0 amide bonds. The first-order chi connectivity index (χ1) is 8.78. The van der Waals surface area contributed by atoms with Gasteiger partial charge in [0.2, 0.25) is 0 Å². The van der Waals surface area contributed by atoms with Gasteiger partial charge in [0.1, 0.15) is 0 Å². The summed E-state index contributed by atoms with van der Waals surface area (Å²) in [6.07, 6.45) is -4.20. The Kier molecular flexibility index (Phi) is 4.54. The van der Waals surface area contributed by atoms with Gasteiger partial charge in [-0.3, -0.25) is 4.79 Å². The van der Waals surface area contributed by atoms with Gasteiger partial charge in [0, 0.05) is 18.3 Å². The lowest BCUT2D eigenvalue weighted by atomic mass is 10.1. The van der Waals surface area contributed by atoms with Gasteiger partial charge in [0.25, 0.3) is 0 Å². The number of anilines is 1. The number of rotatable bonds is 4. The van der Waals surface area contributed by atoms with Gasteiger partial charge in [-0.2, -0.15) is 0 Å². The number of carbonyl (C=O) groups is 1. The molecule has 0 unspecified atom stereocenters. The van der Waals surface area contributed by atoms with Crippen molar-refractivity contribution in [2.24, 2.45) is 5.73 Å². The lowest BCUT2D eigenvalue weighted by Gasteiger charge is -2.16. The lowest BCUT2D eigenvalue weighted by Crippen LogP contribution is -2.21. The van der Waals surface area contributed by atoms with E-state index in [1.54, 1.807) is 0 Å². The third-order valence-corrected chi connectivity index (χ3v) is 2.24. The fraction of sp³-hybridized carbons (Fsp3) is 0.400. The Morgan fingerprint density at radius 1 is 1.47 bits per heavy atom. The van der Waals surface area contributed by atoms with Crippen LogP contribution in [0.25, 0.3) is 0 Å². The number of halogens is 3. The molecular weight excluding hydrogens is 267 g/mol. The molecule has 0 saturated carbocycles. The highest BCUT2D eigenvalue weighted by Crippen LogP contribution is 2.33. The molecule has 19 heavy (non-hydrogen) atoms. The van der Waals surface area contributed by atoms with Gasteiger partial charge in [-0.25, -0.2) is 4.98 Å². The molecule has 0 aliphatic heterocycles. The Balaban J connectivity index is 3.28. The molecule has 1 rings (SSSR count). The number of pyridine rings is 1. The number of hydrogen-bond donors (Lipinski definition) is 2. The average molecular weight is 279 g/mol. The summed E-state index contributed by atoms with van der Waals surface area (Å²) < 4.78 is 45.1. The number of esters is 1. The SMILES string of the molecule is COC(=O)Cc1c(CN)cnc(N)c1OC(F)(F)F. The van der Waals surface area contributed by atoms with E-state index in [4.69, 9.17) is 11.5 Å². The molecule has 9 heteroatoms. The molecule has 0 bridgehead atoms. The van der Waals surface area contributed by atoms with E-state index in [1.807, 2.05) is 0 Å². The van der Waals surface area contributed by atoms with E-state index in [9.17, 15) is 18.0 Å². The number of nitrogen functional groups attached to an aromatic ring is 1. The fourth-order valence-electron chi connectivity index (χ4n) is 1.40. The van der Waals surface area contributed by atoms with Gasteiger partial charge in [-0.1, -0.05) is 0 Å². The third kappa shape index (κ3) is 3.98. The summed E-state index contributed by atoms with van der Waals surface area (Å²) in [6.45, 7) is -0.117. The van der Waals surface area contributed by atoms with Crippen LogP contribution in [0, 0.1) is 0 Å². The monoisotopic (exact) mass is 279 g/mol. The second kappa shape index (κ2) is 5.74. The van der Waals surface area contributed by atoms with Gasteiger partial charge >= 0.3 is 12.3 Å². The zero-order valence-corrected chi connectivity index (χ0v) is 9.95. The maximum atomic E-state index is 12.3. The normalized spacial score (nSPS) is 11.2. The molecule has 1 heterocycles. The van der Waals surface area contributed by atoms with Crippen molar-refractivity contribution >= 4 is 11.8 Å². The van der Waals surface area contributed by atoms with Crippen molar-refractivity contribution in [2.45, 2.75) is 19.3 Å². The van der Waals surface area contributed by atoms with Crippen molar-refractivity contribution in [2.75, 3.05) is 12.8 Å². The number of carbonyl (C=O) groups excluding carboxylic acids is 1. The van der Waals surface area contributed by atoms with Crippen molar-refractivity contribution in [3.8, 4) is 5.75 Å². The van der Waals surface area contributed by atoms with Gasteiger partial charge in [-0.05, 0) is 5.56 Å². The predicted octanol–water partition coefficient (Wildman–Crippen LogP) is 0.737. The minimum Gasteiger partial charge on any atom is -0.469 e. The van der Waals surface area contributed by atoms with Crippen molar-refractivity contribution in [3.63, 3.8) is 0 Å². The van der Waals surface area contributed by atoms with Gasteiger partial charge < -0.3 is 20.9 Å². The highest BCUT2D eigenvalue weighted by atomic mass is 19.4. The molecule has 4 N–H and O–H groups in total. The van der Waals surface area contributed by atoms with E-state index in [0.29, 0.717) is 0 Å². The molecule has 0 radical (unpaired) electrons. The summed E-state index contributed by atoms with van der Waals surface area (Å²) in [7, 11) is 1.11. The number of hydrogen-bond acceptors (Lipinski definition) is 6. The van der Waals surface area contributed by atoms with E-state index < -0.39 is 30.3 Å². The van der Waals surface area contributed by atoms with Crippen LogP contribution in [0.5, 0.6) is 5.75 Å². The van der Waals surface area contributed by atoms with Crippen LogP contribution < -0.4 is 16.2 Å². The standard InChI is InChI=1S/C10H12F3N3O3/c1-18-7(17)2-6-5(3-14)4-16-9(15)8(6)19-10(11,12)13/h4H,2-3,14H2,1H3,(H2,15,16). The second-order valence-electron chi connectivity index (χ2n) is 3.48. The molecule has 0 saturated heterocycles. The minimum atomic E-state index is -4.95. The maximum Gasteiger partial charge on any atom is 0.573 e. The van der Waals surface area contributed by atoms with Crippen LogP contribution in [0.2, 0.25) is 0 Å². The largest absolute Gasteiger partial charge is 0.573 e. The molecule has 1 aromatic rings. The number of nitrogens with two attached hydrogens (primary N) is 2. The van der Waals surface area contributed by atoms with E-state index in [1.165, 1.54) is 6.20 Å². The van der Waals surface area contributed by atoms with Crippen molar-refractivity contribution in [1.82, 2.24) is 4.98 Å². The van der Waals surface area contributed by atoms with Crippen molar-refractivity contribution in [3.05, 3.63) is 17.3 Å². The van der Waals surface area contributed by atoms with Crippen LogP contribution in [0.1, 0.15) is 11.1 Å². The van der Waals surface area contributed by atoms with Crippen LogP contribution >= 0.6 is 0 Å². The summed E-state index contributed by atoms with van der Waals surface area (Å²) >= 11 is 0. The Bertz CT molecular complexity index is 477. The first-order valence-corrected chi connectivity index (χ1v) is 5.07. The molecule has 0 fully saturated rings. The molecule has 6 nitrogen and oxygen atoms in total. The summed E-state index contributed by atoms with van der Waals surface area (Å²) in [5.41, 5.74) is 10.9. The Hall–Kier alpha value is -2.03. The topological polar surface area (TPSA) is 100 Å². The first-order valence-electron chi connectivity index (χ1n) is 5.07. The predicted molar refractivity (Wildman–Crippen MR) is 58.9 cm³/mol. The van der Waals surface area contributed by atoms with E-state index in [-0.39, 0.29) is 17.7 Å². The number of ether oxygens (including phenoxy) is 2. The first kappa shape index (κ1) is 15.0. The van der Waals surface area contributed by atoms with Crippen LogP contribution in [0.15, 0.2) is 6.20 Å². The van der Waals surface area contributed by atoms with E-state index in [2.05, 4.69) is 14.5 Å². The van der Waals surface area contributed by atoms with Crippen LogP contribution in [0.4, 0.5) is 19.0 Å². The number of alkyl halides is 3. The summed E-state index contributed by atoms with van der Waals surface area (Å²) in [6, 6.07) is 0. The molecule has 0 spiro atoms. The van der Waals surface area contributed by atoms with Crippen LogP contribution in [-0.4, -0.2) is 24.4 Å². The lowest BCUT2D eigenvalue weighted by molar-refractivity contribution is -0.274. The number of nitrogens with zero attached hydrogens (tertiary/aromatic N) is 1. The summed E-state index contributed by atoms with van der Waals surface area (Å²) in [5.74, 6) is -1.94. The number of methoxy groups -OCH3 is 1. The quantitative estimate of drug-likeness (QED) is 0.788. The van der Waals surface area contributed by atoms with E-state index >= 15 is 0 Å². The summed E-state index contributed by atoms with van der Waals surface area (Å²) in [4.78, 5) is 14.8. The van der Waals surface area contributed by atoms with Gasteiger partial charge in [-0.15, -0.1) is 13.2 Å². The van der Waals surface area contributed by atoms with Gasteiger partial charge in [0.15, 0.2) is 11.6 Å². The van der Waals surface area contributed by atoms with Gasteiger partial charge in [0.05, 0.1) is 13.5 Å². The molecule has 0 aliphatic rings. The molecule has 106 valence electrons. The maximum absolute atomic E-state index is 12.3. The zero-order valence-electron chi connectivity index (χ0n) is 9.95. The average Bonchev–Trinajstić information content (AvgIpc) is 2.32. The number of aromatic nitrogens is 1. The van der Waals surface area contributed by atoms with Crippen molar-refractivity contribution in [1.29, 1.82) is 0 Å². The van der Waals surface area contributed by atoms with Crippen molar-refractivity contribution < 1.29 is 27.4 Å². The molecule has 0 aliphatic carbocycles. The molecular formula is C10H12F3N3O3. The Labute approximate surface area is 106 Å². The smallest absolute Gasteiger partial charge is 0.469 e. The van der Waals surface area contributed by atoms with Crippen LogP contribution in [-0.2, 0) is 22.5 Å². The van der Waals surface area contributed by atoms with E-state index in [0.717, 1.165) is 7.11 Å². The second-order valence-corrected chi connectivity index (χ2v) is 3.48. The fourth-order valence-corrected chi connectivity index (χ4v) is 1.40. The zero-order chi connectivity index (χ0) is 14.6. The molecule has 1 aromatic heterocycles.